The van der Waals surface area contributed by atoms with Crippen molar-refractivity contribution in [3.8, 4) is 11.4 Å². The zero-order valence-corrected chi connectivity index (χ0v) is 10.8. The minimum atomic E-state index is 0.119. The molecule has 0 amide bonds. The summed E-state index contributed by atoms with van der Waals surface area (Å²) in [7, 11) is 0. The molecule has 0 bridgehead atoms. The highest BCUT2D eigenvalue weighted by Gasteiger charge is 2.12. The number of rotatable bonds is 3. The van der Waals surface area contributed by atoms with Crippen molar-refractivity contribution in [2.75, 3.05) is 0 Å². The molecule has 0 fully saturated rings. The molecular formula is C12H13N5S. The maximum Gasteiger partial charge on any atom is 0.212 e. The first kappa shape index (κ1) is 11.3. The maximum atomic E-state index is 5.83. The third-order valence-electron chi connectivity index (χ3n) is 2.60. The van der Waals surface area contributed by atoms with Crippen LogP contribution in [0.5, 0.6) is 0 Å². The van der Waals surface area contributed by atoms with E-state index >= 15 is 0 Å². The van der Waals surface area contributed by atoms with E-state index in [4.69, 9.17) is 5.73 Å². The van der Waals surface area contributed by atoms with E-state index in [0.29, 0.717) is 5.82 Å². The number of thiazole rings is 1. The van der Waals surface area contributed by atoms with Gasteiger partial charge in [-0.05, 0) is 19.1 Å². The van der Waals surface area contributed by atoms with Gasteiger partial charge >= 0.3 is 0 Å². The van der Waals surface area contributed by atoms with Crippen molar-refractivity contribution in [2.24, 2.45) is 5.73 Å². The van der Waals surface area contributed by atoms with Gasteiger partial charge in [0.25, 0.3) is 0 Å². The highest BCUT2D eigenvalue weighted by atomic mass is 32.1. The van der Waals surface area contributed by atoms with E-state index in [-0.39, 0.29) is 6.04 Å². The van der Waals surface area contributed by atoms with Crippen LogP contribution in [0.4, 0.5) is 0 Å². The van der Waals surface area contributed by atoms with Crippen molar-refractivity contribution in [2.45, 2.75) is 19.4 Å². The molecule has 0 saturated heterocycles. The quantitative estimate of drug-likeness (QED) is 0.778. The lowest BCUT2D eigenvalue weighted by Gasteiger charge is -2.01. The minimum Gasteiger partial charge on any atom is -0.328 e. The van der Waals surface area contributed by atoms with Gasteiger partial charge in [0.05, 0.1) is 5.69 Å². The summed E-state index contributed by atoms with van der Waals surface area (Å²) < 4.78 is 1.87. The first-order valence-corrected chi connectivity index (χ1v) is 6.61. The molecule has 1 unspecified atom stereocenters. The van der Waals surface area contributed by atoms with Crippen molar-refractivity contribution >= 4 is 16.3 Å². The third kappa shape index (κ3) is 2.00. The Kier molecular flexibility index (Phi) is 2.81. The van der Waals surface area contributed by atoms with Crippen molar-refractivity contribution < 1.29 is 0 Å². The van der Waals surface area contributed by atoms with Crippen LogP contribution in [0.3, 0.4) is 0 Å². The van der Waals surface area contributed by atoms with Gasteiger partial charge in [-0.3, -0.25) is 4.98 Å². The molecule has 2 N–H and O–H groups in total. The topological polar surface area (TPSA) is 69.1 Å². The number of nitrogens with zero attached hydrogens (tertiary/aromatic N) is 4. The van der Waals surface area contributed by atoms with E-state index in [2.05, 4.69) is 20.4 Å². The predicted octanol–water partition coefficient (Wildman–Crippen LogP) is 1.74. The lowest BCUT2D eigenvalue weighted by Crippen LogP contribution is -2.18. The molecule has 92 valence electrons. The van der Waals surface area contributed by atoms with Gasteiger partial charge in [-0.2, -0.15) is 4.98 Å². The molecule has 6 heteroatoms. The molecule has 0 aromatic carbocycles. The molecular weight excluding hydrogens is 246 g/mol. The van der Waals surface area contributed by atoms with Crippen molar-refractivity contribution in [3.63, 3.8) is 0 Å². The number of fused-ring (bicyclic) bond motifs is 1. The van der Waals surface area contributed by atoms with Gasteiger partial charge in [0, 0.05) is 35.8 Å². The first-order chi connectivity index (χ1) is 8.74. The van der Waals surface area contributed by atoms with Gasteiger partial charge in [-0.25, -0.2) is 4.52 Å². The van der Waals surface area contributed by atoms with Gasteiger partial charge in [-0.15, -0.1) is 16.4 Å². The molecule has 3 aromatic heterocycles. The van der Waals surface area contributed by atoms with Crippen LogP contribution in [0.15, 0.2) is 29.9 Å². The Hall–Kier alpha value is -1.79. The van der Waals surface area contributed by atoms with Gasteiger partial charge in [0.2, 0.25) is 4.96 Å². The molecule has 0 spiro atoms. The van der Waals surface area contributed by atoms with Crippen molar-refractivity contribution in [1.82, 2.24) is 19.6 Å². The summed E-state index contributed by atoms with van der Waals surface area (Å²) in [5.74, 6) is 0.709. The van der Waals surface area contributed by atoms with E-state index < -0.39 is 0 Å². The molecule has 3 heterocycles. The zero-order chi connectivity index (χ0) is 12.5. The third-order valence-corrected chi connectivity index (χ3v) is 3.47. The summed E-state index contributed by atoms with van der Waals surface area (Å²) in [5, 5.41) is 6.58. The summed E-state index contributed by atoms with van der Waals surface area (Å²) in [5.41, 5.74) is 7.86. The Morgan fingerprint density at radius 3 is 3.11 bits per heavy atom. The van der Waals surface area contributed by atoms with Gasteiger partial charge < -0.3 is 5.73 Å². The monoisotopic (exact) mass is 259 g/mol. The number of hydrogen-bond acceptors (Lipinski definition) is 5. The van der Waals surface area contributed by atoms with Crippen LogP contribution in [0.1, 0.15) is 12.6 Å². The summed E-state index contributed by atoms with van der Waals surface area (Å²) in [6.45, 7) is 1.99. The van der Waals surface area contributed by atoms with Crippen LogP contribution in [-0.4, -0.2) is 25.6 Å². The van der Waals surface area contributed by atoms with E-state index in [1.54, 1.807) is 23.7 Å². The van der Waals surface area contributed by atoms with Gasteiger partial charge in [0.15, 0.2) is 5.82 Å². The Morgan fingerprint density at radius 2 is 2.39 bits per heavy atom. The van der Waals surface area contributed by atoms with Crippen molar-refractivity contribution in [1.29, 1.82) is 0 Å². The highest BCUT2D eigenvalue weighted by molar-refractivity contribution is 7.15. The fourth-order valence-corrected chi connectivity index (χ4v) is 2.65. The number of aromatic nitrogens is 4. The Bertz CT molecular complexity index is 655. The fourth-order valence-electron chi connectivity index (χ4n) is 1.81. The standard InChI is InChI=1S/C12H13N5S/c1-8(13)5-10-7-18-12-15-11(16-17(10)12)9-3-2-4-14-6-9/h2-4,6-8H,5,13H2,1H3. The predicted molar refractivity (Wildman–Crippen MR) is 71.4 cm³/mol. The van der Waals surface area contributed by atoms with Gasteiger partial charge in [0.1, 0.15) is 0 Å². The molecule has 0 saturated carbocycles. The average molecular weight is 259 g/mol. The summed E-state index contributed by atoms with van der Waals surface area (Å²) >= 11 is 1.58. The average Bonchev–Trinajstić information content (AvgIpc) is 2.92. The number of nitrogens with two attached hydrogens (primary N) is 1. The Balaban J connectivity index is 2.04. The van der Waals surface area contributed by atoms with Crippen LogP contribution < -0.4 is 5.73 Å². The highest BCUT2D eigenvalue weighted by Crippen LogP contribution is 2.20. The van der Waals surface area contributed by atoms with E-state index in [1.165, 1.54) is 0 Å². The fraction of sp³-hybridized carbons (Fsp3) is 0.250. The Labute approximate surface area is 108 Å². The molecule has 3 aromatic rings. The molecule has 0 aliphatic rings. The second-order valence-electron chi connectivity index (χ2n) is 4.28. The van der Waals surface area contributed by atoms with E-state index in [0.717, 1.165) is 22.6 Å². The molecule has 0 radical (unpaired) electrons. The first-order valence-electron chi connectivity index (χ1n) is 5.73. The second kappa shape index (κ2) is 4.47. The van der Waals surface area contributed by atoms with E-state index in [9.17, 15) is 0 Å². The lowest BCUT2D eigenvalue weighted by atomic mass is 10.2. The largest absolute Gasteiger partial charge is 0.328 e. The molecule has 5 nitrogen and oxygen atoms in total. The molecule has 18 heavy (non-hydrogen) atoms. The summed E-state index contributed by atoms with van der Waals surface area (Å²) in [4.78, 5) is 9.47. The van der Waals surface area contributed by atoms with Crippen LogP contribution in [0.2, 0.25) is 0 Å². The SMILES string of the molecule is CC(N)Cc1csc2nc(-c3cccnc3)nn12. The minimum absolute atomic E-state index is 0.119. The molecule has 0 aliphatic heterocycles. The number of hydrogen-bond donors (Lipinski definition) is 1. The van der Waals surface area contributed by atoms with E-state index in [1.807, 2.05) is 23.6 Å². The maximum absolute atomic E-state index is 5.83. The van der Waals surface area contributed by atoms with Crippen molar-refractivity contribution in [3.05, 3.63) is 35.6 Å². The molecule has 3 rings (SSSR count). The van der Waals surface area contributed by atoms with Crippen LogP contribution >= 0.6 is 11.3 Å². The van der Waals surface area contributed by atoms with Crippen LogP contribution in [0, 0.1) is 0 Å². The Morgan fingerprint density at radius 1 is 1.50 bits per heavy atom. The summed E-state index contributed by atoms with van der Waals surface area (Å²) in [6, 6.07) is 3.96. The van der Waals surface area contributed by atoms with Crippen LogP contribution in [-0.2, 0) is 6.42 Å². The summed E-state index contributed by atoms with van der Waals surface area (Å²) in [6.07, 6.45) is 4.31. The van der Waals surface area contributed by atoms with Crippen LogP contribution in [0.25, 0.3) is 16.3 Å². The molecule has 0 aliphatic carbocycles. The normalized spacial score (nSPS) is 13.0. The molecule has 1 atom stereocenters. The zero-order valence-electron chi connectivity index (χ0n) is 9.95. The second-order valence-corrected chi connectivity index (χ2v) is 5.12. The smallest absolute Gasteiger partial charge is 0.212 e. The lowest BCUT2D eigenvalue weighted by molar-refractivity contribution is 0.703. The van der Waals surface area contributed by atoms with Gasteiger partial charge in [-0.1, -0.05) is 0 Å². The number of pyridine rings is 1.